The van der Waals surface area contributed by atoms with Crippen LogP contribution in [0.3, 0.4) is 0 Å². The quantitative estimate of drug-likeness (QED) is 0.659. The highest BCUT2D eigenvalue weighted by Crippen LogP contribution is 2.22. The van der Waals surface area contributed by atoms with Crippen LogP contribution < -0.4 is 5.73 Å². The van der Waals surface area contributed by atoms with E-state index in [9.17, 15) is 4.79 Å². The topological polar surface area (TPSA) is 64.7 Å². The predicted octanol–water partition coefficient (Wildman–Crippen LogP) is 2.11. The van der Waals surface area contributed by atoms with Gasteiger partial charge < -0.3 is 10.6 Å². The largest absolute Gasteiger partial charge is 0.399 e. The second-order valence-electron chi connectivity index (χ2n) is 3.86. The van der Waals surface area contributed by atoms with E-state index >= 15 is 0 Å². The number of primary amides is 1. The zero-order valence-corrected chi connectivity index (χ0v) is 10.1. The van der Waals surface area contributed by atoms with Gasteiger partial charge in [0.25, 0.3) is 0 Å². The third-order valence-electron chi connectivity index (χ3n) is 2.75. The molecule has 0 saturated heterocycles. The molecule has 0 fully saturated rings. The van der Waals surface area contributed by atoms with Crippen LogP contribution in [0.2, 0.25) is 0 Å². The van der Waals surface area contributed by atoms with Gasteiger partial charge in [-0.1, -0.05) is 41.6 Å². The van der Waals surface area contributed by atoms with E-state index in [2.05, 4.69) is 9.99 Å². The molecular formula is C14H14N2O2. The van der Waals surface area contributed by atoms with Crippen molar-refractivity contribution in [3.63, 3.8) is 0 Å². The molecule has 2 rings (SSSR count). The van der Waals surface area contributed by atoms with Gasteiger partial charge in [0.1, 0.15) is 7.11 Å². The van der Waals surface area contributed by atoms with Gasteiger partial charge in [0.2, 0.25) is 5.91 Å². The first-order valence-corrected chi connectivity index (χ1v) is 5.59. The highest BCUT2D eigenvalue weighted by molar-refractivity contribution is 6.08. The van der Waals surface area contributed by atoms with Crippen LogP contribution in [-0.4, -0.2) is 19.2 Å². The molecule has 0 atom stereocenters. The fourth-order valence-corrected chi connectivity index (χ4v) is 1.99. The van der Waals surface area contributed by atoms with Gasteiger partial charge in [0, 0.05) is 12.6 Å². The fourth-order valence-electron chi connectivity index (χ4n) is 1.99. The van der Waals surface area contributed by atoms with Gasteiger partial charge >= 0.3 is 0 Å². The molecule has 0 aliphatic heterocycles. The summed E-state index contributed by atoms with van der Waals surface area (Å²) in [6.07, 6.45) is 2.12. The number of nitrogens with two attached hydrogens (primary N) is 1. The number of rotatable bonds is 4. The molecule has 4 heteroatoms. The Bertz CT molecular complexity index is 606. The summed E-state index contributed by atoms with van der Waals surface area (Å²) in [6, 6.07) is 11.5. The molecule has 0 spiro atoms. The van der Waals surface area contributed by atoms with E-state index in [1.807, 2.05) is 36.4 Å². The number of carbonyl (C=O) groups excluding carboxylic acids is 1. The summed E-state index contributed by atoms with van der Waals surface area (Å²) in [5, 5.41) is 5.54. The van der Waals surface area contributed by atoms with Crippen molar-refractivity contribution in [1.29, 1.82) is 0 Å². The van der Waals surface area contributed by atoms with E-state index in [1.165, 1.54) is 7.11 Å². The van der Waals surface area contributed by atoms with Crippen molar-refractivity contribution in [2.75, 3.05) is 7.11 Å². The Hall–Kier alpha value is -2.36. The summed E-state index contributed by atoms with van der Waals surface area (Å²) >= 11 is 0. The van der Waals surface area contributed by atoms with Crippen molar-refractivity contribution in [3.05, 3.63) is 47.5 Å². The molecule has 0 aromatic heterocycles. The SMILES string of the molecule is CO/N=C/Cc1ccc2ccccc2c1C(N)=O. The van der Waals surface area contributed by atoms with Crippen LogP contribution in [0.15, 0.2) is 41.6 Å². The lowest BCUT2D eigenvalue weighted by Gasteiger charge is -2.08. The lowest BCUT2D eigenvalue weighted by molar-refractivity contribution is 0.100. The van der Waals surface area contributed by atoms with Gasteiger partial charge in [0.05, 0.1) is 5.56 Å². The maximum absolute atomic E-state index is 11.6. The van der Waals surface area contributed by atoms with E-state index in [4.69, 9.17) is 5.73 Å². The molecule has 0 saturated carbocycles. The number of carbonyl (C=O) groups is 1. The summed E-state index contributed by atoms with van der Waals surface area (Å²) in [5.41, 5.74) is 6.87. The second-order valence-corrected chi connectivity index (χ2v) is 3.86. The van der Waals surface area contributed by atoms with Gasteiger partial charge in [-0.15, -0.1) is 0 Å². The lowest BCUT2D eigenvalue weighted by atomic mass is 9.97. The van der Waals surface area contributed by atoms with Crippen LogP contribution in [0.25, 0.3) is 10.8 Å². The summed E-state index contributed by atoms with van der Waals surface area (Å²) in [6.45, 7) is 0. The molecule has 4 nitrogen and oxygen atoms in total. The Balaban J connectivity index is 2.56. The van der Waals surface area contributed by atoms with Gasteiger partial charge in [-0.25, -0.2) is 0 Å². The molecule has 0 bridgehead atoms. The Morgan fingerprint density at radius 2 is 2.11 bits per heavy atom. The van der Waals surface area contributed by atoms with Crippen molar-refractivity contribution < 1.29 is 9.63 Å². The van der Waals surface area contributed by atoms with E-state index < -0.39 is 5.91 Å². The molecule has 0 unspecified atom stereocenters. The fraction of sp³-hybridized carbons (Fsp3) is 0.143. The second kappa shape index (κ2) is 5.31. The summed E-state index contributed by atoms with van der Waals surface area (Å²) < 4.78 is 0. The molecule has 0 aliphatic rings. The molecule has 2 N–H and O–H groups in total. The average molecular weight is 242 g/mol. The number of hydrogen-bond donors (Lipinski definition) is 1. The lowest BCUT2D eigenvalue weighted by Crippen LogP contribution is -2.14. The molecule has 1 amide bonds. The van der Waals surface area contributed by atoms with E-state index in [1.54, 1.807) is 6.21 Å². The van der Waals surface area contributed by atoms with Crippen molar-refractivity contribution in [2.45, 2.75) is 6.42 Å². The monoisotopic (exact) mass is 242 g/mol. The Kier molecular flexibility index (Phi) is 3.57. The zero-order valence-electron chi connectivity index (χ0n) is 10.1. The van der Waals surface area contributed by atoms with E-state index in [0.29, 0.717) is 12.0 Å². The number of hydrogen-bond acceptors (Lipinski definition) is 3. The number of nitrogens with zero attached hydrogens (tertiary/aromatic N) is 1. The zero-order chi connectivity index (χ0) is 13.0. The first kappa shape index (κ1) is 12.1. The van der Waals surface area contributed by atoms with Crippen LogP contribution >= 0.6 is 0 Å². The number of oxime groups is 1. The first-order chi connectivity index (χ1) is 8.74. The molecule has 0 radical (unpaired) electrons. The Morgan fingerprint density at radius 3 is 2.83 bits per heavy atom. The third kappa shape index (κ3) is 2.32. The molecule has 0 aliphatic carbocycles. The number of benzene rings is 2. The van der Waals surface area contributed by atoms with Crippen molar-refractivity contribution in [3.8, 4) is 0 Å². The minimum Gasteiger partial charge on any atom is -0.399 e. The molecule has 2 aromatic carbocycles. The Labute approximate surface area is 105 Å². The van der Waals surface area contributed by atoms with Crippen molar-refractivity contribution in [2.24, 2.45) is 10.9 Å². The van der Waals surface area contributed by atoms with Crippen LogP contribution in [-0.2, 0) is 11.3 Å². The molecular weight excluding hydrogens is 228 g/mol. The van der Waals surface area contributed by atoms with Gasteiger partial charge in [-0.3, -0.25) is 4.79 Å². The van der Waals surface area contributed by atoms with Crippen LogP contribution in [0.5, 0.6) is 0 Å². The Morgan fingerprint density at radius 1 is 1.33 bits per heavy atom. The van der Waals surface area contributed by atoms with E-state index in [-0.39, 0.29) is 0 Å². The van der Waals surface area contributed by atoms with Gasteiger partial charge in [0.15, 0.2) is 0 Å². The van der Waals surface area contributed by atoms with Gasteiger partial charge in [-0.05, 0) is 16.3 Å². The van der Waals surface area contributed by atoms with Crippen LogP contribution in [0.1, 0.15) is 15.9 Å². The minimum atomic E-state index is -0.424. The number of amides is 1. The molecule has 0 heterocycles. The summed E-state index contributed by atoms with van der Waals surface area (Å²) in [5.74, 6) is -0.424. The molecule has 18 heavy (non-hydrogen) atoms. The maximum atomic E-state index is 11.6. The number of fused-ring (bicyclic) bond motifs is 1. The summed E-state index contributed by atoms with van der Waals surface area (Å²) in [4.78, 5) is 16.2. The summed E-state index contributed by atoms with van der Waals surface area (Å²) in [7, 11) is 1.48. The van der Waals surface area contributed by atoms with Crippen LogP contribution in [0, 0.1) is 0 Å². The first-order valence-electron chi connectivity index (χ1n) is 5.59. The smallest absolute Gasteiger partial charge is 0.249 e. The molecule has 92 valence electrons. The average Bonchev–Trinajstić information content (AvgIpc) is 2.38. The highest BCUT2D eigenvalue weighted by atomic mass is 16.6. The normalized spacial score (nSPS) is 10.9. The van der Waals surface area contributed by atoms with Gasteiger partial charge in [-0.2, -0.15) is 0 Å². The van der Waals surface area contributed by atoms with Crippen molar-refractivity contribution >= 4 is 22.9 Å². The maximum Gasteiger partial charge on any atom is 0.249 e. The van der Waals surface area contributed by atoms with E-state index in [0.717, 1.165) is 16.3 Å². The van der Waals surface area contributed by atoms with Crippen molar-refractivity contribution in [1.82, 2.24) is 0 Å². The minimum absolute atomic E-state index is 0.424. The molecule has 2 aromatic rings. The predicted molar refractivity (Wildman–Crippen MR) is 71.7 cm³/mol. The third-order valence-corrected chi connectivity index (χ3v) is 2.75. The standard InChI is InChI=1S/C14H14N2O2/c1-18-16-9-8-11-7-6-10-4-2-3-5-12(10)13(11)14(15)17/h2-7,9H,8H2,1H3,(H2,15,17)/b16-9+. The van der Waals surface area contributed by atoms with Crippen LogP contribution in [0.4, 0.5) is 0 Å². The highest BCUT2D eigenvalue weighted by Gasteiger charge is 2.11.